The fraction of sp³-hybridized carbons (Fsp3) is 0.633. The summed E-state index contributed by atoms with van der Waals surface area (Å²) in [5.41, 5.74) is 7.63. The van der Waals surface area contributed by atoms with Crippen LogP contribution in [0.1, 0.15) is 72.8 Å². The Morgan fingerprint density at radius 2 is 1.62 bits per heavy atom. The Bertz CT molecular complexity index is 1130. The molecule has 0 radical (unpaired) electrons. The Hall–Kier alpha value is -3.51. The highest BCUT2D eigenvalue weighted by molar-refractivity contribution is 6.12. The van der Waals surface area contributed by atoms with Gasteiger partial charge in [-0.15, -0.1) is 0 Å². The molecule has 1 heterocycles. The van der Waals surface area contributed by atoms with Crippen molar-refractivity contribution in [1.82, 2.24) is 10.2 Å². The molecule has 0 unspecified atom stereocenters. The highest BCUT2D eigenvalue weighted by Gasteiger charge is 2.71. The predicted molar refractivity (Wildman–Crippen MR) is 155 cm³/mol. The molecule has 2 amide bonds. The summed E-state index contributed by atoms with van der Waals surface area (Å²) >= 11 is 0. The first-order valence-corrected chi connectivity index (χ1v) is 14.2. The van der Waals surface area contributed by atoms with E-state index in [9.17, 15) is 29.1 Å². The maximum atomic E-state index is 13.8. The summed E-state index contributed by atoms with van der Waals surface area (Å²) in [6.07, 6.45) is 1.63. The van der Waals surface area contributed by atoms with Crippen molar-refractivity contribution >= 4 is 29.7 Å². The Labute approximate surface area is 247 Å². The molecule has 1 aromatic carbocycles. The number of benzene rings is 1. The van der Waals surface area contributed by atoms with Crippen molar-refractivity contribution in [3.05, 3.63) is 35.9 Å². The van der Waals surface area contributed by atoms with Crippen molar-refractivity contribution < 1.29 is 38.6 Å². The molecule has 0 aliphatic carbocycles. The zero-order valence-electron chi connectivity index (χ0n) is 25.5. The Kier molecular flexibility index (Phi) is 11.7. The van der Waals surface area contributed by atoms with Gasteiger partial charge < -0.3 is 36.3 Å². The number of nitrogens with zero attached hydrogens (tertiary/aromatic N) is 1. The van der Waals surface area contributed by atoms with Gasteiger partial charge in [-0.25, -0.2) is 9.59 Å². The van der Waals surface area contributed by atoms with E-state index >= 15 is 0 Å². The van der Waals surface area contributed by atoms with Crippen LogP contribution in [0.5, 0.6) is 0 Å². The second kappa shape index (κ2) is 14.1. The van der Waals surface area contributed by atoms with Crippen LogP contribution in [0.4, 0.5) is 0 Å². The normalized spacial score (nSPS) is 21.4. The number of nitrogens with two attached hydrogens (primary N) is 2. The van der Waals surface area contributed by atoms with Crippen LogP contribution in [-0.4, -0.2) is 81.6 Å². The van der Waals surface area contributed by atoms with Gasteiger partial charge in [-0.1, -0.05) is 30.3 Å². The number of nitrogens with one attached hydrogen (secondary N) is 1. The van der Waals surface area contributed by atoms with Crippen molar-refractivity contribution in [2.24, 2.45) is 17.4 Å². The fourth-order valence-corrected chi connectivity index (χ4v) is 4.96. The molecule has 1 saturated heterocycles. The molecule has 1 aliphatic heterocycles. The molecule has 0 spiro atoms. The molecule has 0 bridgehead atoms. The molecule has 12 nitrogen and oxygen atoms in total. The van der Waals surface area contributed by atoms with Crippen molar-refractivity contribution in [3.63, 3.8) is 0 Å². The van der Waals surface area contributed by atoms with E-state index < -0.39 is 71.0 Å². The van der Waals surface area contributed by atoms with Crippen LogP contribution in [0, 0.1) is 5.92 Å². The molecule has 234 valence electrons. The third-order valence-corrected chi connectivity index (χ3v) is 6.72. The number of esters is 2. The van der Waals surface area contributed by atoms with Crippen molar-refractivity contribution in [3.8, 4) is 0 Å². The summed E-state index contributed by atoms with van der Waals surface area (Å²) in [5, 5.41) is 13.4. The molecular weight excluding hydrogens is 544 g/mol. The van der Waals surface area contributed by atoms with Crippen LogP contribution < -0.4 is 16.8 Å². The minimum atomic E-state index is -2.85. The zero-order chi connectivity index (χ0) is 31.9. The summed E-state index contributed by atoms with van der Waals surface area (Å²) in [4.78, 5) is 68.3. The van der Waals surface area contributed by atoms with Crippen LogP contribution in [0.15, 0.2) is 30.3 Å². The monoisotopic (exact) mass is 590 g/mol. The van der Waals surface area contributed by atoms with Gasteiger partial charge in [0.15, 0.2) is 0 Å². The first-order chi connectivity index (χ1) is 19.4. The highest BCUT2D eigenvalue weighted by atomic mass is 16.6. The standard InChI is InChI=1S/C30H46N4O8/c1-28(2,3)41-25(37)23-21(33-22(35)16-10-14-19-12-8-7-9-13-19)18-34(24(36)20(32)15-11-17-31)30(23,26(38)39)27(40)42-29(4,5)6/h7-9,12-13,20-21,23H,10-11,14-18,31-32H2,1-6H3,(H,33,35)(H,38,39)/t20-,21+,23-,30-/m0/s1. The molecular formula is C30H46N4O8. The minimum absolute atomic E-state index is 0.0584. The molecule has 12 heteroatoms. The lowest BCUT2D eigenvalue weighted by Crippen LogP contribution is -2.67. The number of amides is 2. The van der Waals surface area contributed by atoms with Crippen LogP contribution >= 0.6 is 0 Å². The first-order valence-electron chi connectivity index (χ1n) is 14.2. The van der Waals surface area contributed by atoms with Gasteiger partial charge >= 0.3 is 17.9 Å². The molecule has 4 atom stereocenters. The summed E-state index contributed by atoms with van der Waals surface area (Å²) < 4.78 is 11.1. The van der Waals surface area contributed by atoms with Gasteiger partial charge in [0.1, 0.15) is 17.1 Å². The lowest BCUT2D eigenvalue weighted by atomic mass is 9.81. The summed E-state index contributed by atoms with van der Waals surface area (Å²) in [6, 6.07) is 7.06. The van der Waals surface area contributed by atoms with Gasteiger partial charge in [0.25, 0.3) is 5.54 Å². The topological polar surface area (TPSA) is 191 Å². The summed E-state index contributed by atoms with van der Waals surface area (Å²) in [5.74, 6) is -7.39. The van der Waals surface area contributed by atoms with Crippen LogP contribution in [0.25, 0.3) is 0 Å². The molecule has 42 heavy (non-hydrogen) atoms. The molecule has 0 aromatic heterocycles. The van der Waals surface area contributed by atoms with Gasteiger partial charge in [0, 0.05) is 13.0 Å². The molecule has 6 N–H and O–H groups in total. The summed E-state index contributed by atoms with van der Waals surface area (Å²) in [7, 11) is 0. The molecule has 1 aromatic rings. The van der Waals surface area contributed by atoms with E-state index in [-0.39, 0.29) is 19.4 Å². The third-order valence-electron chi connectivity index (χ3n) is 6.72. The smallest absolute Gasteiger partial charge is 0.345 e. The minimum Gasteiger partial charge on any atom is -0.479 e. The number of aryl methyl sites for hydroxylation is 1. The van der Waals surface area contributed by atoms with Crippen molar-refractivity contribution in [1.29, 1.82) is 0 Å². The van der Waals surface area contributed by atoms with E-state index in [0.717, 1.165) is 10.5 Å². The van der Waals surface area contributed by atoms with E-state index in [4.69, 9.17) is 20.9 Å². The average Bonchev–Trinajstić information content (AvgIpc) is 3.21. The second-order valence-corrected chi connectivity index (χ2v) is 12.6. The number of carbonyl (C=O) groups is 5. The summed E-state index contributed by atoms with van der Waals surface area (Å²) in [6.45, 7) is 9.10. The molecule has 1 aliphatic rings. The Morgan fingerprint density at radius 3 is 2.14 bits per heavy atom. The van der Waals surface area contributed by atoms with Gasteiger partial charge in [0.05, 0.1) is 12.1 Å². The largest absolute Gasteiger partial charge is 0.479 e. The number of carbonyl (C=O) groups excluding carboxylic acids is 4. The fourth-order valence-electron chi connectivity index (χ4n) is 4.96. The maximum Gasteiger partial charge on any atom is 0.345 e. The maximum absolute atomic E-state index is 13.8. The van der Waals surface area contributed by atoms with E-state index in [2.05, 4.69) is 5.32 Å². The Morgan fingerprint density at radius 1 is 1.02 bits per heavy atom. The van der Waals surface area contributed by atoms with E-state index in [1.807, 2.05) is 30.3 Å². The number of ether oxygens (including phenoxy) is 2. The Balaban J connectivity index is 2.56. The second-order valence-electron chi connectivity index (χ2n) is 12.6. The van der Waals surface area contributed by atoms with Gasteiger partial charge in [-0.3, -0.25) is 14.4 Å². The van der Waals surface area contributed by atoms with Crippen LogP contribution in [0.3, 0.4) is 0 Å². The van der Waals surface area contributed by atoms with Gasteiger partial charge in [-0.2, -0.15) is 0 Å². The quantitative estimate of drug-likeness (QED) is 0.205. The number of likely N-dealkylation sites (tertiary alicyclic amines) is 1. The number of hydrogen-bond acceptors (Lipinski definition) is 9. The zero-order valence-corrected chi connectivity index (χ0v) is 25.5. The predicted octanol–water partition coefficient (Wildman–Crippen LogP) is 1.53. The highest BCUT2D eigenvalue weighted by Crippen LogP contribution is 2.40. The number of carboxylic acids is 1. The lowest BCUT2D eigenvalue weighted by molar-refractivity contribution is -0.190. The van der Waals surface area contributed by atoms with Crippen LogP contribution in [0.2, 0.25) is 0 Å². The number of hydrogen-bond donors (Lipinski definition) is 4. The van der Waals surface area contributed by atoms with Crippen molar-refractivity contribution in [2.45, 2.75) is 102 Å². The molecule has 0 saturated carbocycles. The van der Waals surface area contributed by atoms with Crippen LogP contribution in [-0.2, 0) is 39.9 Å². The number of aliphatic carboxylic acids is 1. The first kappa shape index (κ1) is 34.7. The molecule has 1 fully saturated rings. The van der Waals surface area contributed by atoms with E-state index in [1.165, 1.54) is 20.8 Å². The van der Waals surface area contributed by atoms with Gasteiger partial charge in [0.2, 0.25) is 11.8 Å². The lowest BCUT2D eigenvalue weighted by Gasteiger charge is -2.38. The third kappa shape index (κ3) is 8.75. The van der Waals surface area contributed by atoms with Gasteiger partial charge in [-0.05, 0) is 79.3 Å². The molecule has 2 rings (SSSR count). The van der Waals surface area contributed by atoms with E-state index in [1.54, 1.807) is 20.8 Å². The number of rotatable bonds is 12. The van der Waals surface area contributed by atoms with E-state index in [0.29, 0.717) is 19.3 Å². The van der Waals surface area contributed by atoms with Crippen molar-refractivity contribution in [2.75, 3.05) is 13.1 Å². The average molecular weight is 591 g/mol. The number of carboxylic acid groups (broad SMARTS) is 1. The SMILES string of the molecule is CC(C)(C)OC(=O)[C@@H]1[C@H](NC(=O)CCCc2ccccc2)CN(C(=O)[C@@H](N)CCCN)[C@@]1(C(=O)O)C(=O)OC(C)(C)C.